The molecule has 2 atom stereocenters. The maximum absolute atomic E-state index is 11.9. The van der Waals surface area contributed by atoms with E-state index in [0.717, 1.165) is 11.1 Å². The Morgan fingerprint density at radius 3 is 2.32 bits per heavy atom. The zero-order valence-electron chi connectivity index (χ0n) is 15.6. The SMILES string of the molecule is COC(=O)CC1CC(COc2ccc(-c3ccc(C(=N)N)cc3)cc2)NC1=O. The summed E-state index contributed by atoms with van der Waals surface area (Å²) >= 11 is 0. The zero-order valence-corrected chi connectivity index (χ0v) is 15.6. The van der Waals surface area contributed by atoms with Gasteiger partial charge in [-0.2, -0.15) is 0 Å². The van der Waals surface area contributed by atoms with Gasteiger partial charge in [0, 0.05) is 5.56 Å². The monoisotopic (exact) mass is 381 g/mol. The highest BCUT2D eigenvalue weighted by atomic mass is 16.5. The van der Waals surface area contributed by atoms with Crippen molar-refractivity contribution in [2.24, 2.45) is 11.7 Å². The third kappa shape index (κ3) is 4.68. The second-order valence-electron chi connectivity index (χ2n) is 6.74. The fourth-order valence-electron chi connectivity index (χ4n) is 3.18. The molecule has 2 aromatic rings. The van der Waals surface area contributed by atoms with Crippen molar-refractivity contribution in [1.82, 2.24) is 5.32 Å². The van der Waals surface area contributed by atoms with Gasteiger partial charge in [0.15, 0.2) is 0 Å². The Morgan fingerprint density at radius 2 is 1.75 bits per heavy atom. The molecule has 4 N–H and O–H groups in total. The number of hydrogen-bond donors (Lipinski definition) is 3. The normalized spacial score (nSPS) is 18.4. The van der Waals surface area contributed by atoms with Gasteiger partial charge in [-0.1, -0.05) is 36.4 Å². The molecule has 0 aliphatic carbocycles. The number of hydrogen-bond acceptors (Lipinski definition) is 5. The van der Waals surface area contributed by atoms with E-state index in [1.165, 1.54) is 7.11 Å². The molecule has 0 saturated carbocycles. The first kappa shape index (κ1) is 19.4. The molecule has 0 spiro atoms. The van der Waals surface area contributed by atoms with Crippen LogP contribution >= 0.6 is 0 Å². The van der Waals surface area contributed by atoms with Crippen LogP contribution in [-0.2, 0) is 14.3 Å². The minimum atomic E-state index is -0.381. The molecule has 146 valence electrons. The van der Waals surface area contributed by atoms with E-state index >= 15 is 0 Å². The van der Waals surface area contributed by atoms with E-state index < -0.39 is 0 Å². The zero-order chi connectivity index (χ0) is 20.1. The Bertz CT molecular complexity index is 862. The first-order valence-corrected chi connectivity index (χ1v) is 9.01. The molecule has 0 bridgehead atoms. The molecule has 1 aliphatic rings. The van der Waals surface area contributed by atoms with Gasteiger partial charge in [0.1, 0.15) is 18.2 Å². The first-order chi connectivity index (χ1) is 13.5. The molecule has 3 rings (SSSR count). The highest BCUT2D eigenvalue weighted by Gasteiger charge is 2.34. The van der Waals surface area contributed by atoms with Crippen LogP contribution in [0.25, 0.3) is 11.1 Å². The first-order valence-electron chi connectivity index (χ1n) is 9.01. The number of rotatable bonds is 7. The summed E-state index contributed by atoms with van der Waals surface area (Å²) in [5.74, 6) is -0.128. The maximum Gasteiger partial charge on any atom is 0.306 e. The van der Waals surface area contributed by atoms with Crippen LogP contribution in [0, 0.1) is 11.3 Å². The Balaban J connectivity index is 1.54. The third-order valence-electron chi connectivity index (χ3n) is 4.76. The number of amides is 1. The molecule has 1 heterocycles. The smallest absolute Gasteiger partial charge is 0.306 e. The molecule has 7 nitrogen and oxygen atoms in total. The minimum Gasteiger partial charge on any atom is -0.491 e. The number of methoxy groups -OCH3 is 1. The minimum absolute atomic E-state index is 0.0446. The second kappa shape index (κ2) is 8.56. The van der Waals surface area contributed by atoms with Crippen LogP contribution in [0.5, 0.6) is 5.75 Å². The van der Waals surface area contributed by atoms with E-state index in [1.54, 1.807) is 0 Å². The maximum atomic E-state index is 11.9. The lowest BCUT2D eigenvalue weighted by molar-refractivity contribution is -0.143. The molecule has 1 aliphatic heterocycles. The largest absolute Gasteiger partial charge is 0.491 e. The summed E-state index contributed by atoms with van der Waals surface area (Å²) in [5, 5.41) is 10.3. The van der Waals surface area contributed by atoms with Crippen LogP contribution in [0.4, 0.5) is 0 Å². The number of carbonyl (C=O) groups excluding carboxylic acids is 2. The van der Waals surface area contributed by atoms with Gasteiger partial charge in [-0.15, -0.1) is 0 Å². The summed E-state index contributed by atoms with van der Waals surface area (Å²) in [6, 6.07) is 15.0. The van der Waals surface area contributed by atoms with Crippen LogP contribution in [0.3, 0.4) is 0 Å². The predicted molar refractivity (Wildman–Crippen MR) is 105 cm³/mol. The summed E-state index contributed by atoms with van der Waals surface area (Å²) in [5.41, 5.74) is 8.20. The molecule has 0 radical (unpaired) electrons. The number of nitrogens with two attached hydrogens (primary N) is 1. The fraction of sp³-hybridized carbons (Fsp3) is 0.286. The molecule has 1 fully saturated rings. The quantitative estimate of drug-likeness (QED) is 0.386. The Hall–Kier alpha value is -3.35. The van der Waals surface area contributed by atoms with Crippen molar-refractivity contribution in [1.29, 1.82) is 5.41 Å². The van der Waals surface area contributed by atoms with Crippen molar-refractivity contribution in [2.75, 3.05) is 13.7 Å². The van der Waals surface area contributed by atoms with E-state index in [9.17, 15) is 9.59 Å². The average molecular weight is 381 g/mol. The summed E-state index contributed by atoms with van der Waals surface area (Å²) in [4.78, 5) is 23.3. The van der Waals surface area contributed by atoms with Crippen LogP contribution in [0.1, 0.15) is 18.4 Å². The van der Waals surface area contributed by atoms with Gasteiger partial charge < -0.3 is 20.5 Å². The summed E-state index contributed by atoms with van der Waals surface area (Å²) in [6.45, 7) is 0.343. The molecular formula is C21H23N3O4. The average Bonchev–Trinajstić information content (AvgIpc) is 3.06. The van der Waals surface area contributed by atoms with Crippen LogP contribution in [-0.4, -0.2) is 37.5 Å². The molecular weight excluding hydrogens is 358 g/mol. The van der Waals surface area contributed by atoms with Crippen molar-refractivity contribution >= 4 is 17.7 Å². The van der Waals surface area contributed by atoms with Crippen molar-refractivity contribution in [3.63, 3.8) is 0 Å². The van der Waals surface area contributed by atoms with Gasteiger partial charge >= 0.3 is 5.97 Å². The number of nitrogen functional groups attached to an aromatic ring is 1. The van der Waals surface area contributed by atoms with Gasteiger partial charge in [0.2, 0.25) is 5.91 Å². The van der Waals surface area contributed by atoms with Crippen LogP contribution in [0.15, 0.2) is 48.5 Å². The predicted octanol–water partition coefficient (Wildman–Crippen LogP) is 2.08. The van der Waals surface area contributed by atoms with Crippen molar-refractivity contribution in [3.05, 3.63) is 54.1 Å². The Labute approximate surface area is 163 Å². The van der Waals surface area contributed by atoms with Gasteiger partial charge in [-0.25, -0.2) is 0 Å². The number of ether oxygens (including phenoxy) is 2. The fourth-order valence-corrected chi connectivity index (χ4v) is 3.18. The number of amidine groups is 1. The molecule has 7 heteroatoms. The molecule has 2 aromatic carbocycles. The lowest BCUT2D eigenvalue weighted by Crippen LogP contribution is -2.31. The van der Waals surface area contributed by atoms with E-state index in [4.69, 9.17) is 15.9 Å². The van der Waals surface area contributed by atoms with E-state index in [2.05, 4.69) is 10.1 Å². The third-order valence-corrected chi connectivity index (χ3v) is 4.76. The highest BCUT2D eigenvalue weighted by Crippen LogP contribution is 2.24. The van der Waals surface area contributed by atoms with E-state index in [0.29, 0.717) is 24.3 Å². The Morgan fingerprint density at radius 1 is 1.14 bits per heavy atom. The molecule has 28 heavy (non-hydrogen) atoms. The number of carbonyl (C=O) groups is 2. The summed E-state index contributed by atoms with van der Waals surface area (Å²) < 4.78 is 10.4. The number of esters is 1. The highest BCUT2D eigenvalue weighted by molar-refractivity contribution is 5.95. The molecule has 0 aromatic heterocycles. The van der Waals surface area contributed by atoms with E-state index in [1.807, 2.05) is 48.5 Å². The molecule has 2 unspecified atom stereocenters. The molecule has 1 amide bonds. The number of nitrogens with one attached hydrogen (secondary N) is 2. The van der Waals surface area contributed by atoms with Gasteiger partial charge in [0.25, 0.3) is 0 Å². The lowest BCUT2D eigenvalue weighted by atomic mass is 10.0. The second-order valence-corrected chi connectivity index (χ2v) is 6.74. The van der Waals surface area contributed by atoms with Gasteiger partial charge in [0.05, 0.1) is 25.5 Å². The van der Waals surface area contributed by atoms with Crippen LogP contribution in [0.2, 0.25) is 0 Å². The van der Waals surface area contributed by atoms with Crippen molar-refractivity contribution in [2.45, 2.75) is 18.9 Å². The van der Waals surface area contributed by atoms with Crippen LogP contribution < -0.4 is 15.8 Å². The van der Waals surface area contributed by atoms with Gasteiger partial charge in [-0.3, -0.25) is 15.0 Å². The standard InChI is InChI=1S/C21H23N3O4/c1-27-19(25)11-16-10-17(24-21(16)26)12-28-18-8-6-14(7-9-18)13-2-4-15(5-3-13)20(22)23/h2-9,16-17H,10-12H2,1H3,(H3,22,23)(H,24,26). The topological polar surface area (TPSA) is 114 Å². The Kier molecular flexibility index (Phi) is 5.93. The van der Waals surface area contributed by atoms with E-state index in [-0.39, 0.29) is 36.1 Å². The summed E-state index contributed by atoms with van der Waals surface area (Å²) in [6.07, 6.45) is 0.643. The number of benzene rings is 2. The lowest BCUT2D eigenvalue weighted by Gasteiger charge is -2.12. The van der Waals surface area contributed by atoms with Crippen molar-refractivity contribution < 1.29 is 19.1 Å². The van der Waals surface area contributed by atoms with Crippen molar-refractivity contribution in [3.8, 4) is 16.9 Å². The molecule has 1 saturated heterocycles. The van der Waals surface area contributed by atoms with Gasteiger partial charge in [-0.05, 0) is 29.7 Å². The summed E-state index contributed by atoms with van der Waals surface area (Å²) in [7, 11) is 1.32.